The topological polar surface area (TPSA) is 49.7 Å². The number of hydrogen-bond donors (Lipinski definition) is 2. The molecule has 0 aliphatic rings. The van der Waals surface area contributed by atoms with Crippen molar-refractivity contribution in [2.24, 2.45) is 11.8 Å². The van der Waals surface area contributed by atoms with Crippen molar-refractivity contribution in [3.63, 3.8) is 0 Å². The maximum atomic E-state index is 10.5. The first-order valence-electron chi connectivity index (χ1n) is 8.67. The van der Waals surface area contributed by atoms with Gasteiger partial charge in [-0.1, -0.05) is 67.5 Å². The summed E-state index contributed by atoms with van der Waals surface area (Å²) in [5.41, 5.74) is 3.32. The molecule has 0 amide bonds. The Bertz CT molecular complexity index is 519. The van der Waals surface area contributed by atoms with Crippen LogP contribution >= 0.6 is 0 Å². The van der Waals surface area contributed by atoms with Crippen LogP contribution in [0, 0.1) is 11.8 Å². The minimum absolute atomic E-state index is 0.0717. The van der Waals surface area contributed by atoms with Gasteiger partial charge in [0.2, 0.25) is 0 Å². The summed E-state index contributed by atoms with van der Waals surface area (Å²) in [6.45, 7) is 9.23. The summed E-state index contributed by atoms with van der Waals surface area (Å²) in [7, 11) is 0. The fourth-order valence-corrected chi connectivity index (χ4v) is 2.57. The molecule has 0 spiro atoms. The zero-order valence-electron chi connectivity index (χ0n) is 15.4. The van der Waals surface area contributed by atoms with Crippen molar-refractivity contribution >= 4 is 0 Å². The monoisotopic (exact) mass is 332 g/mol. The largest absolute Gasteiger partial charge is 0.392 e. The number of allylic oxidation sites excluding steroid dienone is 2. The fraction of sp³-hybridized carbons (Fsp3) is 0.524. The van der Waals surface area contributed by atoms with Crippen LogP contribution < -0.4 is 0 Å². The van der Waals surface area contributed by atoms with E-state index in [-0.39, 0.29) is 18.4 Å². The van der Waals surface area contributed by atoms with Gasteiger partial charge in [-0.3, -0.25) is 0 Å². The third-order valence-electron chi connectivity index (χ3n) is 4.18. The molecule has 1 aromatic carbocycles. The van der Waals surface area contributed by atoms with Crippen LogP contribution in [0.3, 0.4) is 0 Å². The van der Waals surface area contributed by atoms with Crippen molar-refractivity contribution in [2.75, 3.05) is 13.2 Å². The summed E-state index contributed by atoms with van der Waals surface area (Å²) in [5.74, 6) is 0.144. The van der Waals surface area contributed by atoms with E-state index in [0.29, 0.717) is 13.2 Å². The number of aliphatic hydroxyl groups is 2. The highest BCUT2D eigenvalue weighted by atomic mass is 16.5. The van der Waals surface area contributed by atoms with Gasteiger partial charge in [0.05, 0.1) is 25.9 Å². The lowest BCUT2D eigenvalue weighted by atomic mass is 9.92. The van der Waals surface area contributed by atoms with Crippen LogP contribution in [0.1, 0.15) is 39.7 Å². The molecular formula is C21H32O3. The highest BCUT2D eigenvalue weighted by molar-refractivity contribution is 5.13. The normalized spacial score (nSPS) is 16.8. The summed E-state index contributed by atoms with van der Waals surface area (Å²) in [6, 6.07) is 10.1. The second kappa shape index (κ2) is 11.2. The van der Waals surface area contributed by atoms with E-state index in [0.717, 1.165) is 17.6 Å². The Morgan fingerprint density at radius 3 is 2.42 bits per heavy atom. The van der Waals surface area contributed by atoms with Gasteiger partial charge in [0.1, 0.15) is 0 Å². The molecule has 3 atom stereocenters. The molecule has 0 radical (unpaired) electrons. The Balaban J connectivity index is 2.41. The minimum Gasteiger partial charge on any atom is -0.392 e. The van der Waals surface area contributed by atoms with E-state index in [1.165, 1.54) is 5.57 Å². The van der Waals surface area contributed by atoms with Gasteiger partial charge in [0.15, 0.2) is 0 Å². The molecule has 0 aliphatic carbocycles. The molecule has 1 aromatic rings. The van der Waals surface area contributed by atoms with Crippen LogP contribution in [0.5, 0.6) is 0 Å². The first-order valence-corrected chi connectivity index (χ1v) is 8.67. The van der Waals surface area contributed by atoms with Crippen molar-refractivity contribution in [2.45, 2.75) is 46.8 Å². The smallest absolute Gasteiger partial charge is 0.0717 e. The average Bonchev–Trinajstić information content (AvgIpc) is 2.59. The molecule has 0 fully saturated rings. The van der Waals surface area contributed by atoms with Gasteiger partial charge in [-0.25, -0.2) is 0 Å². The molecule has 3 nitrogen and oxygen atoms in total. The van der Waals surface area contributed by atoms with Gasteiger partial charge in [-0.05, 0) is 25.8 Å². The predicted molar refractivity (Wildman–Crippen MR) is 99.6 cm³/mol. The maximum Gasteiger partial charge on any atom is 0.0717 e. The maximum absolute atomic E-state index is 10.5. The SMILES string of the molecule is C/C(=C\C/C(C)=C/[C@H](C)[C@@H](O)[C@@H](C)COCc1ccccc1)CO. The predicted octanol–water partition coefficient (Wildman–Crippen LogP) is 4.11. The molecule has 0 saturated carbocycles. The molecule has 1 rings (SSSR count). The van der Waals surface area contributed by atoms with Gasteiger partial charge < -0.3 is 14.9 Å². The fourth-order valence-electron chi connectivity index (χ4n) is 2.57. The molecular weight excluding hydrogens is 300 g/mol. The van der Waals surface area contributed by atoms with Gasteiger partial charge in [-0.15, -0.1) is 0 Å². The number of aliphatic hydroxyl groups excluding tert-OH is 2. The van der Waals surface area contributed by atoms with Crippen molar-refractivity contribution < 1.29 is 14.9 Å². The van der Waals surface area contributed by atoms with E-state index in [2.05, 4.69) is 13.0 Å². The number of rotatable bonds is 10. The average molecular weight is 332 g/mol. The van der Waals surface area contributed by atoms with Gasteiger partial charge in [0, 0.05) is 11.8 Å². The van der Waals surface area contributed by atoms with E-state index < -0.39 is 6.10 Å². The van der Waals surface area contributed by atoms with Crippen LogP contribution in [0.4, 0.5) is 0 Å². The Morgan fingerprint density at radius 2 is 1.79 bits per heavy atom. The van der Waals surface area contributed by atoms with Crippen LogP contribution in [0.2, 0.25) is 0 Å². The van der Waals surface area contributed by atoms with E-state index in [1.807, 2.05) is 57.2 Å². The number of ether oxygens (including phenoxy) is 1. The lowest BCUT2D eigenvalue weighted by molar-refractivity contribution is 0.0132. The van der Waals surface area contributed by atoms with E-state index in [1.54, 1.807) is 0 Å². The quantitative estimate of drug-likeness (QED) is 0.634. The Kier molecular flexibility index (Phi) is 9.62. The molecule has 24 heavy (non-hydrogen) atoms. The van der Waals surface area contributed by atoms with Gasteiger partial charge in [-0.2, -0.15) is 0 Å². The third kappa shape index (κ3) is 7.91. The zero-order valence-corrected chi connectivity index (χ0v) is 15.4. The van der Waals surface area contributed by atoms with E-state index in [4.69, 9.17) is 9.84 Å². The Labute approximate surface area is 146 Å². The first kappa shape index (κ1) is 20.6. The Hall–Kier alpha value is -1.42. The van der Waals surface area contributed by atoms with Crippen LogP contribution in [0.25, 0.3) is 0 Å². The summed E-state index contributed by atoms with van der Waals surface area (Å²) in [5, 5.41) is 19.5. The Morgan fingerprint density at radius 1 is 1.12 bits per heavy atom. The second-order valence-corrected chi connectivity index (χ2v) is 6.75. The molecule has 0 aliphatic heterocycles. The lowest BCUT2D eigenvalue weighted by Gasteiger charge is -2.23. The third-order valence-corrected chi connectivity index (χ3v) is 4.18. The van der Waals surface area contributed by atoms with Crippen molar-refractivity contribution in [3.8, 4) is 0 Å². The molecule has 2 N–H and O–H groups in total. The minimum atomic E-state index is -0.432. The zero-order chi connectivity index (χ0) is 17.9. The summed E-state index contributed by atoms with van der Waals surface area (Å²) < 4.78 is 5.73. The molecule has 0 unspecified atom stereocenters. The first-order chi connectivity index (χ1) is 11.4. The highest BCUT2D eigenvalue weighted by Crippen LogP contribution is 2.18. The molecule has 134 valence electrons. The number of hydrogen-bond acceptors (Lipinski definition) is 3. The van der Waals surface area contributed by atoms with Crippen molar-refractivity contribution in [1.29, 1.82) is 0 Å². The number of benzene rings is 1. The second-order valence-electron chi connectivity index (χ2n) is 6.75. The summed E-state index contributed by atoms with van der Waals surface area (Å²) in [6.07, 6.45) is 4.51. The molecule has 0 bridgehead atoms. The summed E-state index contributed by atoms with van der Waals surface area (Å²) in [4.78, 5) is 0. The van der Waals surface area contributed by atoms with Gasteiger partial charge in [0.25, 0.3) is 0 Å². The van der Waals surface area contributed by atoms with E-state index in [9.17, 15) is 5.11 Å². The highest BCUT2D eigenvalue weighted by Gasteiger charge is 2.19. The van der Waals surface area contributed by atoms with Gasteiger partial charge >= 0.3 is 0 Å². The standard InChI is InChI=1S/C21H32O3/c1-16(10-11-17(2)13-22)12-18(3)21(23)19(4)14-24-15-20-8-6-5-7-9-20/h5-9,11-12,18-19,21-23H,10,13-15H2,1-4H3/b16-12+,17-11+/t18-,19-,21+/m0/s1. The van der Waals surface area contributed by atoms with Crippen molar-refractivity contribution in [1.82, 2.24) is 0 Å². The lowest BCUT2D eigenvalue weighted by Crippen LogP contribution is -2.28. The van der Waals surface area contributed by atoms with Crippen LogP contribution in [-0.2, 0) is 11.3 Å². The molecule has 0 heterocycles. The van der Waals surface area contributed by atoms with Crippen LogP contribution in [0.15, 0.2) is 53.6 Å². The molecule has 3 heteroatoms. The molecule has 0 aromatic heterocycles. The van der Waals surface area contributed by atoms with E-state index >= 15 is 0 Å². The van der Waals surface area contributed by atoms with Crippen molar-refractivity contribution in [3.05, 3.63) is 59.2 Å². The summed E-state index contributed by atoms with van der Waals surface area (Å²) >= 11 is 0. The molecule has 0 saturated heterocycles. The van der Waals surface area contributed by atoms with Crippen LogP contribution in [-0.4, -0.2) is 29.5 Å².